The molecule has 13 N–H and O–H groups in total. The molecule has 10 aromatic rings. The van der Waals surface area contributed by atoms with E-state index in [2.05, 4.69) is 76.8 Å². The van der Waals surface area contributed by atoms with Gasteiger partial charge in [0.05, 0.1) is 106 Å². The average molecular weight is 1740 g/mol. The lowest BCUT2D eigenvalue weighted by Gasteiger charge is -2.26. The number of aliphatic hydroxyl groups is 7. The van der Waals surface area contributed by atoms with Gasteiger partial charge in [0, 0.05) is 120 Å². The van der Waals surface area contributed by atoms with E-state index >= 15 is 0 Å². The lowest BCUT2D eigenvalue weighted by Crippen LogP contribution is -2.46. The highest BCUT2D eigenvalue weighted by molar-refractivity contribution is 6.06. The van der Waals surface area contributed by atoms with Gasteiger partial charge in [0.15, 0.2) is 0 Å². The number of ether oxygens (including phenoxy) is 7. The third-order valence-corrected chi connectivity index (χ3v) is 23.3. The summed E-state index contributed by atoms with van der Waals surface area (Å²) in [5, 5.41) is 90.6. The Kier molecular flexibility index (Phi) is 39.2. The molecule has 8 heterocycles. The van der Waals surface area contributed by atoms with Crippen molar-refractivity contribution in [2.75, 3.05) is 86.0 Å². The van der Waals surface area contributed by atoms with Crippen LogP contribution in [0.25, 0.3) is 54.5 Å². The van der Waals surface area contributed by atoms with E-state index in [1.165, 1.54) is 0 Å². The van der Waals surface area contributed by atoms with Crippen molar-refractivity contribution in [1.82, 2.24) is 55.2 Å². The second-order valence-electron chi connectivity index (χ2n) is 33.5. The Hall–Kier alpha value is -9.93. The molecular formula is C95H138N16O15. The summed E-state index contributed by atoms with van der Waals surface area (Å²) >= 11 is 0. The third kappa shape index (κ3) is 29.0. The number of benzene rings is 5. The first-order valence-corrected chi connectivity index (χ1v) is 43.4. The van der Waals surface area contributed by atoms with Gasteiger partial charge in [0.2, 0.25) is 29.7 Å². The number of carbonyl (C=O) groups is 1. The van der Waals surface area contributed by atoms with Crippen LogP contribution in [0.5, 0.6) is 23.0 Å². The van der Waals surface area contributed by atoms with Gasteiger partial charge in [-0.2, -0.15) is 0 Å². The Morgan fingerprint density at radius 1 is 0.381 bits per heavy atom. The van der Waals surface area contributed by atoms with Gasteiger partial charge in [-0.1, -0.05) is 85.7 Å². The number of nitrogens with one attached hydrogen (secondary N) is 6. The van der Waals surface area contributed by atoms with Gasteiger partial charge < -0.3 is 101 Å². The fourth-order valence-corrected chi connectivity index (χ4v) is 16.2. The van der Waals surface area contributed by atoms with Crippen LogP contribution in [0.4, 0.5) is 29.7 Å². The summed E-state index contributed by atoms with van der Waals surface area (Å²) in [6.07, 6.45) is 29.7. The molecule has 2 atom stereocenters. The third-order valence-electron chi connectivity index (χ3n) is 23.3. The number of aliphatic hydroxyl groups excluding tert-OH is 7. The van der Waals surface area contributed by atoms with Crippen molar-refractivity contribution in [3.63, 3.8) is 0 Å². The Labute approximate surface area is 741 Å². The minimum absolute atomic E-state index is 0. The van der Waals surface area contributed by atoms with Gasteiger partial charge in [-0.05, 0) is 179 Å². The van der Waals surface area contributed by atoms with Crippen LogP contribution in [0, 0.1) is 0 Å². The number of nitrogens with zero attached hydrogens (tertiary/aromatic N) is 10. The molecule has 1 amide bonds. The molecule has 688 valence electrons. The SMILES string of the molecule is C.C.C.C.C.CC(C)(CO)NC(=O)c1cccc2cnc(NC3CCC(O)CC3)nc12.OC1CCC(Nc2ncc3ccc(OC4CCOC4)cc3n2)CC1.OC1CCC(Nc2ncc3cccc(OC4CCOC4)c3n2)CC1.OC1CCC(Nc2ncc3cccc(OC4CCOCC4)c3n2)CC1.OCCOc1cccc2cnc(NC3CCC(O)CC3)nc12. The van der Waals surface area contributed by atoms with E-state index in [-0.39, 0.29) is 118 Å². The average Bonchev–Trinajstić information content (AvgIpc) is 0.991. The Morgan fingerprint density at radius 3 is 1.10 bits per heavy atom. The highest BCUT2D eigenvalue weighted by Gasteiger charge is 2.29. The lowest BCUT2D eigenvalue weighted by atomic mass is 9.93. The Morgan fingerprint density at radius 2 is 0.714 bits per heavy atom. The quantitative estimate of drug-likeness (QED) is 0.0300. The van der Waals surface area contributed by atoms with E-state index in [1.54, 1.807) is 38.4 Å². The molecule has 8 fully saturated rings. The van der Waals surface area contributed by atoms with Crippen LogP contribution in [-0.4, -0.2) is 236 Å². The number of para-hydroxylation sites is 4. The van der Waals surface area contributed by atoms with E-state index in [0.717, 1.165) is 247 Å². The predicted octanol–water partition coefficient (Wildman–Crippen LogP) is 14.7. The van der Waals surface area contributed by atoms with Crippen molar-refractivity contribution in [3.05, 3.63) is 128 Å². The van der Waals surface area contributed by atoms with Crippen molar-refractivity contribution in [2.24, 2.45) is 0 Å². The van der Waals surface area contributed by atoms with E-state index in [1.807, 2.05) is 97.5 Å². The highest BCUT2D eigenvalue weighted by Crippen LogP contribution is 2.34. The molecule has 2 unspecified atom stereocenters. The van der Waals surface area contributed by atoms with Gasteiger partial charge in [0.25, 0.3) is 5.91 Å². The molecule has 31 heteroatoms. The minimum atomic E-state index is -0.712. The van der Waals surface area contributed by atoms with E-state index < -0.39 is 5.54 Å². The summed E-state index contributed by atoms with van der Waals surface area (Å²) in [7, 11) is 0. The molecule has 5 aromatic carbocycles. The fourth-order valence-electron chi connectivity index (χ4n) is 16.2. The summed E-state index contributed by atoms with van der Waals surface area (Å²) in [6, 6.07) is 30.3. The monoisotopic (exact) mass is 1740 g/mol. The van der Waals surface area contributed by atoms with Crippen LogP contribution >= 0.6 is 0 Å². The molecule has 8 aliphatic rings. The molecule has 3 saturated heterocycles. The Bertz CT molecular complexity index is 4930. The molecule has 3 aliphatic heterocycles. The van der Waals surface area contributed by atoms with Gasteiger partial charge in [-0.3, -0.25) is 4.79 Å². The topological polar surface area (TPSA) is 424 Å². The van der Waals surface area contributed by atoms with Crippen molar-refractivity contribution < 1.29 is 73.7 Å². The normalized spacial score (nSPS) is 23.4. The van der Waals surface area contributed by atoms with Crippen LogP contribution in [-0.2, 0) is 14.2 Å². The summed E-state index contributed by atoms with van der Waals surface area (Å²) in [5.41, 5.74) is 3.61. The molecule has 126 heavy (non-hydrogen) atoms. The molecular weight excluding hydrogens is 1610 g/mol. The van der Waals surface area contributed by atoms with Crippen LogP contribution in [0.2, 0.25) is 0 Å². The van der Waals surface area contributed by atoms with E-state index in [9.17, 15) is 35.4 Å². The number of amides is 1. The number of aromatic nitrogens is 10. The highest BCUT2D eigenvalue weighted by atomic mass is 16.6. The molecule has 0 radical (unpaired) electrons. The van der Waals surface area contributed by atoms with Crippen LogP contribution in [0.1, 0.15) is 215 Å². The maximum atomic E-state index is 12.6. The summed E-state index contributed by atoms with van der Waals surface area (Å²) < 4.78 is 39.9. The summed E-state index contributed by atoms with van der Waals surface area (Å²) in [6.45, 7) is 7.90. The van der Waals surface area contributed by atoms with Crippen molar-refractivity contribution >= 4 is 90.2 Å². The Balaban J connectivity index is 0.000000177. The second kappa shape index (κ2) is 49.4. The first-order chi connectivity index (χ1) is 58.9. The maximum Gasteiger partial charge on any atom is 0.253 e. The van der Waals surface area contributed by atoms with E-state index in [4.69, 9.17) is 43.2 Å². The number of anilines is 5. The van der Waals surface area contributed by atoms with Gasteiger partial charge in [-0.15, -0.1) is 0 Å². The second-order valence-corrected chi connectivity index (χ2v) is 33.5. The number of hydrogen-bond acceptors (Lipinski definition) is 30. The first kappa shape index (κ1) is 99.8. The molecule has 5 saturated carbocycles. The minimum Gasteiger partial charge on any atom is -0.489 e. The number of fused-ring (bicyclic) bond motifs is 5. The van der Waals surface area contributed by atoms with Crippen LogP contribution in [0.15, 0.2) is 122 Å². The number of hydrogen-bond donors (Lipinski definition) is 13. The largest absolute Gasteiger partial charge is 0.489 e. The molecule has 31 nitrogen and oxygen atoms in total. The van der Waals surface area contributed by atoms with Crippen molar-refractivity contribution in [2.45, 2.75) is 290 Å². The summed E-state index contributed by atoms with van der Waals surface area (Å²) in [4.78, 5) is 57.8. The molecule has 5 aromatic heterocycles. The lowest BCUT2D eigenvalue weighted by molar-refractivity contribution is 0.0261. The van der Waals surface area contributed by atoms with Crippen LogP contribution < -0.4 is 50.8 Å². The van der Waals surface area contributed by atoms with Gasteiger partial charge >= 0.3 is 0 Å². The zero-order valence-corrected chi connectivity index (χ0v) is 69.3. The standard InChI is InChI=1S/C19H26N4O3.C19H25N3O3.2C18H23N3O3.C16H21N3O3.5CH4/c1-19(2,11-24)23-17(26)15-5-3-4-12-10-20-18(22-16(12)15)21-13-6-8-14(25)9-7-13;23-15-6-4-14(5-7-15)21-19-20-12-13-2-1-3-17(18(13)22-19)25-16-8-10-24-11-9-16;22-14-4-2-13(3-5-14)20-18-19-10-12-1-6-15(9-17(12)21-18)24-16-7-8-23-11-16;22-14-6-4-13(5-7-14)20-18-19-10-12-2-1-3-16(17(12)21-18)24-15-8-9-23-11-15;20-8-9-22-14-3-1-2-11-10-17-16(19-15(11)14)18-12-4-6-13(21)7-5-12;;;;;/h3-5,10,13-14,24-25H,6-9,11H2,1-2H3,(H,23,26)(H,20,21,22);1-3,12,14-16,23H,4-11H2,(H,20,21,22);1,6,9-10,13-14,16,22H,2-5,7-8,11H2,(H,19,20,21);1-3,10,13-15,22H,4-9,11H2,(H,19,20,21);1-3,10,12-13,20-21H,4-9H2,(H,17,18,19);5*1H4. The zero-order valence-electron chi connectivity index (χ0n) is 69.3. The fraction of sp³-hybridized carbons (Fsp3) is 0.568. The number of carbonyl (C=O) groups excluding carboxylic acids is 1. The predicted molar refractivity (Wildman–Crippen MR) is 496 cm³/mol. The van der Waals surface area contributed by atoms with Crippen molar-refractivity contribution in [3.8, 4) is 23.0 Å². The van der Waals surface area contributed by atoms with Gasteiger partial charge in [-0.25, -0.2) is 49.8 Å². The van der Waals surface area contributed by atoms with E-state index in [0.29, 0.717) is 84.0 Å². The molecule has 0 bridgehead atoms. The molecule has 18 rings (SSSR count). The maximum absolute atomic E-state index is 12.6. The van der Waals surface area contributed by atoms with Crippen molar-refractivity contribution in [1.29, 1.82) is 0 Å². The first-order valence-electron chi connectivity index (χ1n) is 43.4. The smallest absolute Gasteiger partial charge is 0.253 e. The summed E-state index contributed by atoms with van der Waals surface area (Å²) in [5.74, 6) is 5.76. The zero-order chi connectivity index (χ0) is 83.9. The number of rotatable bonds is 22. The molecule has 5 aliphatic carbocycles. The van der Waals surface area contributed by atoms with Crippen LogP contribution in [0.3, 0.4) is 0 Å². The van der Waals surface area contributed by atoms with Gasteiger partial charge in [0.1, 0.15) is 64.5 Å². The molecule has 0 spiro atoms.